The summed E-state index contributed by atoms with van der Waals surface area (Å²) >= 11 is 0. The maximum absolute atomic E-state index is 13.4. The molecule has 28 heavy (non-hydrogen) atoms. The Balaban J connectivity index is 1.71. The van der Waals surface area contributed by atoms with Gasteiger partial charge in [0.25, 0.3) is 10.1 Å². The smallest absolute Gasteiger partial charge is 0.438 e. The molecule has 5 atom stereocenters. The molecule has 4 aliphatic rings. The lowest BCUT2D eigenvalue weighted by Crippen LogP contribution is -2.64. The quantitative estimate of drug-likeness (QED) is 0.415. The summed E-state index contributed by atoms with van der Waals surface area (Å²) in [6, 6.07) is 0. The molecule has 4 aliphatic carbocycles. The lowest BCUT2D eigenvalue weighted by molar-refractivity contribution is -0.363. The molecule has 160 valence electrons. The fourth-order valence-electron chi connectivity index (χ4n) is 6.59. The summed E-state index contributed by atoms with van der Waals surface area (Å²) in [5, 5.41) is 0. The first-order valence-corrected chi connectivity index (χ1v) is 10.5. The van der Waals surface area contributed by atoms with Crippen molar-refractivity contribution < 1.29 is 48.8 Å². The third-order valence-corrected chi connectivity index (χ3v) is 8.24. The van der Waals surface area contributed by atoms with E-state index in [1.807, 2.05) is 0 Å². The molecule has 1 N–H and O–H groups in total. The van der Waals surface area contributed by atoms with E-state index >= 15 is 0 Å². The zero-order chi connectivity index (χ0) is 21.0. The molecule has 4 fully saturated rings. The summed E-state index contributed by atoms with van der Waals surface area (Å²) in [6.45, 7) is 0. The van der Waals surface area contributed by atoms with Crippen molar-refractivity contribution in [1.82, 2.24) is 0 Å². The zero-order valence-corrected chi connectivity index (χ0v) is 15.3. The van der Waals surface area contributed by atoms with Crippen LogP contribution in [0, 0.1) is 28.6 Å². The predicted molar refractivity (Wildman–Crippen MR) is 80.4 cm³/mol. The number of alkyl halides is 6. The maximum atomic E-state index is 13.4. The highest BCUT2D eigenvalue weighted by Gasteiger charge is 2.78. The molecule has 3 bridgehead atoms. The normalized spacial score (nSPS) is 39.6. The third kappa shape index (κ3) is 2.55. The van der Waals surface area contributed by atoms with Crippen LogP contribution in [-0.2, 0) is 19.6 Å². The average molecular weight is 436 g/mol. The fourth-order valence-corrected chi connectivity index (χ4v) is 7.49. The van der Waals surface area contributed by atoms with Crippen molar-refractivity contribution in [3.8, 4) is 0 Å². The number of hydrogen-bond donors (Lipinski definition) is 1. The first kappa shape index (κ1) is 20.2. The van der Waals surface area contributed by atoms with Crippen LogP contribution in [0.4, 0.5) is 26.3 Å². The molecule has 4 saturated carbocycles. The Labute approximate surface area is 156 Å². The summed E-state index contributed by atoms with van der Waals surface area (Å²) in [5.41, 5.74) is -6.97. The molecule has 0 aromatic heterocycles. The molecule has 5 unspecified atom stereocenters. The molecule has 1 spiro atoms. The van der Waals surface area contributed by atoms with Crippen molar-refractivity contribution in [2.75, 3.05) is 5.75 Å². The number of esters is 1. The minimum atomic E-state index is -6.28. The van der Waals surface area contributed by atoms with Crippen molar-refractivity contribution >= 4 is 16.1 Å². The Bertz CT molecular complexity index is 802. The Morgan fingerprint density at radius 3 is 2.14 bits per heavy atom. The molecule has 4 rings (SSSR count). The average Bonchev–Trinajstić information content (AvgIpc) is 2.78. The van der Waals surface area contributed by atoms with Crippen molar-refractivity contribution in [1.29, 1.82) is 0 Å². The zero-order valence-electron chi connectivity index (χ0n) is 14.4. The number of rotatable bonds is 4. The topological polar surface area (TPSA) is 80.7 Å². The van der Waals surface area contributed by atoms with E-state index in [0.29, 0.717) is 5.92 Å². The van der Waals surface area contributed by atoms with E-state index in [4.69, 9.17) is 4.55 Å². The van der Waals surface area contributed by atoms with Gasteiger partial charge in [-0.2, -0.15) is 34.8 Å². The number of ether oxygens (including phenoxy) is 1. The Morgan fingerprint density at radius 1 is 1.00 bits per heavy atom. The molecule has 0 aliphatic heterocycles. The van der Waals surface area contributed by atoms with E-state index in [9.17, 15) is 39.6 Å². The van der Waals surface area contributed by atoms with Crippen molar-refractivity contribution in [3.05, 3.63) is 0 Å². The maximum Gasteiger partial charge on any atom is 0.438 e. The van der Waals surface area contributed by atoms with Crippen LogP contribution in [0.5, 0.6) is 0 Å². The van der Waals surface area contributed by atoms with Gasteiger partial charge in [0, 0.05) is 0 Å². The van der Waals surface area contributed by atoms with Crippen LogP contribution in [0.1, 0.15) is 38.5 Å². The van der Waals surface area contributed by atoms with E-state index in [-0.39, 0.29) is 36.5 Å². The summed E-state index contributed by atoms with van der Waals surface area (Å²) in [5.74, 6) is -4.02. The van der Waals surface area contributed by atoms with Gasteiger partial charge >= 0.3 is 23.9 Å². The van der Waals surface area contributed by atoms with Gasteiger partial charge < -0.3 is 4.74 Å². The standard InChI is InChI=1S/C16H18F6O5S/c17-15(18,19)14(16(20,21)22,7-28(24,25)26)27-11(23)12-3-8-1-9-2-10(5-12)13(9,4-8)6-12/h8-10H,1-7H2,(H,24,25,26). The Hall–Kier alpha value is -1.04. The van der Waals surface area contributed by atoms with E-state index in [2.05, 4.69) is 4.74 Å². The summed E-state index contributed by atoms with van der Waals surface area (Å²) < 4.78 is 115. The monoisotopic (exact) mass is 436 g/mol. The van der Waals surface area contributed by atoms with Crippen LogP contribution in [0.15, 0.2) is 0 Å². The van der Waals surface area contributed by atoms with E-state index in [0.717, 1.165) is 19.3 Å². The number of halogens is 6. The van der Waals surface area contributed by atoms with Crippen LogP contribution in [0.25, 0.3) is 0 Å². The second kappa shape index (κ2) is 5.35. The molecule has 0 aromatic carbocycles. The molecule has 0 aromatic rings. The second-order valence-corrected chi connectivity index (χ2v) is 10.4. The highest BCUT2D eigenvalue weighted by Crippen LogP contribution is 2.79. The fraction of sp³-hybridized carbons (Fsp3) is 0.938. The van der Waals surface area contributed by atoms with Gasteiger partial charge in [-0.1, -0.05) is 0 Å². The van der Waals surface area contributed by atoms with Crippen LogP contribution in [0.3, 0.4) is 0 Å². The van der Waals surface area contributed by atoms with Crippen LogP contribution < -0.4 is 0 Å². The number of fused-ring (bicyclic) bond motifs is 2. The van der Waals surface area contributed by atoms with E-state index in [1.165, 1.54) is 0 Å². The first-order valence-electron chi connectivity index (χ1n) is 8.86. The van der Waals surface area contributed by atoms with Gasteiger partial charge in [0.15, 0.2) is 0 Å². The molecular weight excluding hydrogens is 418 g/mol. The van der Waals surface area contributed by atoms with Crippen LogP contribution in [0.2, 0.25) is 0 Å². The molecule has 0 saturated heterocycles. The Kier molecular flexibility index (Phi) is 3.87. The van der Waals surface area contributed by atoms with Gasteiger partial charge in [0.2, 0.25) is 0 Å². The predicted octanol–water partition coefficient (Wildman–Crippen LogP) is 3.50. The molecule has 0 radical (unpaired) electrons. The van der Waals surface area contributed by atoms with Gasteiger partial charge in [-0.25, -0.2) is 0 Å². The summed E-state index contributed by atoms with van der Waals surface area (Å²) in [4.78, 5) is 12.8. The highest BCUT2D eigenvalue weighted by molar-refractivity contribution is 7.85. The molecular formula is C16H18F6O5S. The SMILES string of the molecule is O=C(OC(CS(=O)(=O)O)(C(F)(F)F)C(F)(F)F)C12CC3CC4CC(C1)C4(C3)C2. The van der Waals surface area contributed by atoms with Gasteiger partial charge in [-0.15, -0.1) is 0 Å². The third-order valence-electron chi connectivity index (χ3n) is 7.47. The lowest BCUT2D eigenvalue weighted by atomic mass is 9.55. The van der Waals surface area contributed by atoms with E-state index in [1.54, 1.807) is 0 Å². The first-order chi connectivity index (χ1) is 12.5. The molecule has 5 nitrogen and oxygen atoms in total. The number of carbonyl (C=O) groups excluding carboxylic acids is 1. The minimum Gasteiger partial charge on any atom is -0.438 e. The molecule has 0 heterocycles. The van der Waals surface area contributed by atoms with Crippen molar-refractivity contribution in [2.45, 2.75) is 56.5 Å². The van der Waals surface area contributed by atoms with Gasteiger partial charge in [0.05, 0.1) is 5.41 Å². The van der Waals surface area contributed by atoms with Crippen molar-refractivity contribution in [3.63, 3.8) is 0 Å². The van der Waals surface area contributed by atoms with Gasteiger partial charge in [-0.05, 0) is 61.7 Å². The summed E-state index contributed by atoms with van der Waals surface area (Å²) in [7, 11) is -5.77. The highest BCUT2D eigenvalue weighted by atomic mass is 32.2. The van der Waals surface area contributed by atoms with Crippen LogP contribution in [-0.4, -0.2) is 42.6 Å². The second-order valence-electron chi connectivity index (χ2n) is 8.97. The number of hydrogen-bond acceptors (Lipinski definition) is 4. The lowest BCUT2D eigenvalue weighted by Gasteiger charge is -2.49. The van der Waals surface area contributed by atoms with Crippen LogP contribution >= 0.6 is 0 Å². The van der Waals surface area contributed by atoms with Crippen molar-refractivity contribution in [2.24, 2.45) is 28.6 Å². The number of carbonyl (C=O) groups is 1. The van der Waals surface area contributed by atoms with Gasteiger partial charge in [0.1, 0.15) is 5.75 Å². The molecule has 0 amide bonds. The largest absolute Gasteiger partial charge is 0.438 e. The minimum absolute atomic E-state index is 0.0477. The molecule has 12 heteroatoms. The van der Waals surface area contributed by atoms with Gasteiger partial charge in [-0.3, -0.25) is 9.35 Å². The summed E-state index contributed by atoms with van der Waals surface area (Å²) in [6.07, 6.45) is -9.62. The van der Waals surface area contributed by atoms with E-state index < -0.39 is 45.2 Å². The Morgan fingerprint density at radius 2 is 1.61 bits per heavy atom.